The summed E-state index contributed by atoms with van der Waals surface area (Å²) in [5.74, 6) is 0. The summed E-state index contributed by atoms with van der Waals surface area (Å²) in [6, 6.07) is 0. The number of hydrogen-bond donors (Lipinski definition) is 3. The van der Waals surface area contributed by atoms with Gasteiger partial charge in [-0.2, -0.15) is 0 Å². The second kappa shape index (κ2) is 5.80. The molecule has 3 N–H and O–H groups in total. The van der Waals surface area contributed by atoms with E-state index in [1.54, 1.807) is 0 Å². The highest BCUT2D eigenvalue weighted by Gasteiger charge is 2.42. The van der Waals surface area contributed by atoms with E-state index in [1.807, 2.05) is 0 Å². The molecule has 1 aliphatic rings. The maximum Gasteiger partial charge on any atom is 0.508 e. The first kappa shape index (κ1) is 12.9. The lowest BCUT2D eigenvalue weighted by atomic mass is 10.1. The number of aliphatic hydroxyl groups excluding tert-OH is 3. The van der Waals surface area contributed by atoms with Gasteiger partial charge in [0.05, 0.1) is 0 Å². The summed E-state index contributed by atoms with van der Waals surface area (Å²) in [7, 11) is 0. The molecule has 1 rings (SSSR count). The summed E-state index contributed by atoms with van der Waals surface area (Å²) in [5, 5.41) is 27.5. The predicted molar refractivity (Wildman–Crippen MR) is 50.4 cm³/mol. The number of carbonyl (C=O) groups excluding carboxylic acids is 1. The molecule has 0 aromatic heterocycles. The van der Waals surface area contributed by atoms with Gasteiger partial charge in [0.25, 0.3) is 0 Å². The van der Waals surface area contributed by atoms with Crippen LogP contribution >= 0.6 is 0 Å². The maximum absolute atomic E-state index is 10.9. The summed E-state index contributed by atoms with van der Waals surface area (Å²) in [5.41, 5.74) is 0. The number of ether oxygens (including phenoxy) is 3. The van der Waals surface area contributed by atoms with Crippen molar-refractivity contribution in [2.75, 3.05) is 13.2 Å². The van der Waals surface area contributed by atoms with Crippen LogP contribution in [0, 0.1) is 0 Å². The highest BCUT2D eigenvalue weighted by Crippen LogP contribution is 2.19. The zero-order valence-electron chi connectivity index (χ0n) is 8.48. The van der Waals surface area contributed by atoms with Crippen molar-refractivity contribution < 1.29 is 34.3 Å². The second-order valence-electron chi connectivity index (χ2n) is 3.21. The van der Waals surface area contributed by atoms with Gasteiger partial charge in [-0.25, -0.2) is 4.79 Å². The quantitative estimate of drug-likeness (QED) is 0.413. The van der Waals surface area contributed by atoms with Crippen molar-refractivity contribution in [2.45, 2.75) is 24.6 Å². The number of carbonyl (C=O) groups is 1. The van der Waals surface area contributed by atoms with Crippen LogP contribution in [0.1, 0.15) is 0 Å². The Labute approximate surface area is 91.8 Å². The van der Waals surface area contributed by atoms with E-state index >= 15 is 0 Å². The molecule has 7 heteroatoms. The van der Waals surface area contributed by atoms with E-state index in [1.165, 1.54) is 6.08 Å². The average molecular weight is 234 g/mol. The Morgan fingerprint density at radius 2 is 2.00 bits per heavy atom. The van der Waals surface area contributed by atoms with Gasteiger partial charge in [-0.15, -0.1) is 0 Å². The van der Waals surface area contributed by atoms with Crippen LogP contribution in [0.4, 0.5) is 4.79 Å². The Morgan fingerprint density at radius 1 is 1.31 bits per heavy atom. The topological polar surface area (TPSA) is 105 Å². The van der Waals surface area contributed by atoms with Gasteiger partial charge in [0, 0.05) is 0 Å². The van der Waals surface area contributed by atoms with E-state index in [4.69, 9.17) is 14.9 Å². The third-order valence-corrected chi connectivity index (χ3v) is 2.02. The molecule has 0 saturated carbocycles. The van der Waals surface area contributed by atoms with Crippen LogP contribution in [0.3, 0.4) is 0 Å². The Hall–Kier alpha value is -1.15. The molecule has 1 fully saturated rings. The van der Waals surface area contributed by atoms with Gasteiger partial charge in [-0.1, -0.05) is 12.7 Å². The molecule has 0 aromatic rings. The van der Waals surface area contributed by atoms with Crippen molar-refractivity contribution in [2.24, 2.45) is 0 Å². The van der Waals surface area contributed by atoms with Crippen molar-refractivity contribution >= 4 is 6.16 Å². The summed E-state index contributed by atoms with van der Waals surface area (Å²) in [6.45, 7) is 3.04. The minimum atomic E-state index is -1.48. The molecule has 4 atom stereocenters. The summed E-state index contributed by atoms with van der Waals surface area (Å²) in [6.07, 6.45) is -4.73. The van der Waals surface area contributed by atoms with E-state index in [-0.39, 0.29) is 13.2 Å². The first-order valence-electron chi connectivity index (χ1n) is 4.66. The molecule has 1 saturated heterocycles. The summed E-state index contributed by atoms with van der Waals surface area (Å²) < 4.78 is 13.8. The van der Waals surface area contributed by atoms with Gasteiger partial charge >= 0.3 is 6.16 Å². The fourth-order valence-electron chi connectivity index (χ4n) is 1.19. The zero-order valence-corrected chi connectivity index (χ0v) is 8.48. The lowest BCUT2D eigenvalue weighted by Crippen LogP contribution is -2.34. The zero-order chi connectivity index (χ0) is 12.1. The van der Waals surface area contributed by atoms with Gasteiger partial charge in [-0.05, 0) is 0 Å². The molecular weight excluding hydrogens is 220 g/mol. The first-order chi connectivity index (χ1) is 7.56. The number of hydrogen-bond acceptors (Lipinski definition) is 7. The highest BCUT2D eigenvalue weighted by atomic mass is 16.7. The molecular formula is C9H14O7. The predicted octanol–water partition coefficient (Wildman–Crippen LogP) is -1.24. The van der Waals surface area contributed by atoms with Crippen LogP contribution in [0.2, 0.25) is 0 Å². The normalized spacial score (nSPS) is 33.4. The maximum atomic E-state index is 10.9. The van der Waals surface area contributed by atoms with Crippen molar-refractivity contribution in [3.63, 3.8) is 0 Å². The lowest BCUT2D eigenvalue weighted by Gasteiger charge is -2.13. The molecule has 1 aliphatic heterocycles. The molecule has 92 valence electrons. The van der Waals surface area contributed by atoms with Gasteiger partial charge in [0.1, 0.15) is 31.5 Å². The minimum absolute atomic E-state index is 0.0121. The largest absolute Gasteiger partial charge is 0.508 e. The fourth-order valence-corrected chi connectivity index (χ4v) is 1.19. The van der Waals surface area contributed by atoms with Crippen LogP contribution in [-0.2, 0) is 14.2 Å². The van der Waals surface area contributed by atoms with E-state index in [9.17, 15) is 9.90 Å². The third kappa shape index (κ3) is 3.17. The van der Waals surface area contributed by atoms with E-state index in [0.717, 1.165) is 0 Å². The molecule has 1 unspecified atom stereocenters. The second-order valence-corrected chi connectivity index (χ2v) is 3.21. The van der Waals surface area contributed by atoms with Crippen LogP contribution < -0.4 is 0 Å². The molecule has 0 spiro atoms. The molecule has 7 nitrogen and oxygen atoms in total. The van der Waals surface area contributed by atoms with Gasteiger partial charge in [0.2, 0.25) is 0 Å². The molecule has 1 heterocycles. The van der Waals surface area contributed by atoms with Gasteiger partial charge in [-0.3, -0.25) is 0 Å². The van der Waals surface area contributed by atoms with Crippen LogP contribution in [0.5, 0.6) is 0 Å². The minimum Gasteiger partial charge on any atom is -0.431 e. The van der Waals surface area contributed by atoms with Gasteiger partial charge in [0.15, 0.2) is 6.29 Å². The molecule has 0 radical (unpaired) electrons. The highest BCUT2D eigenvalue weighted by molar-refractivity contribution is 5.59. The number of rotatable bonds is 4. The standard InChI is InChI=1S/C9H14O7/c1-2-3-14-9(13)15-4-5-6(10)7(11)8(12)16-5/h2,5-8,10-12H,1,3-4H2/t5-,6-,7+,8?/m0/s1. The third-order valence-electron chi connectivity index (χ3n) is 2.02. The van der Waals surface area contributed by atoms with Crippen LogP contribution in [0.15, 0.2) is 12.7 Å². The Bertz CT molecular complexity index is 254. The average Bonchev–Trinajstić information content (AvgIpc) is 2.51. The fraction of sp³-hybridized carbons (Fsp3) is 0.667. The Balaban J connectivity index is 2.28. The monoisotopic (exact) mass is 234 g/mol. The molecule has 0 aliphatic carbocycles. The molecule has 0 aromatic carbocycles. The summed E-state index contributed by atoms with van der Waals surface area (Å²) >= 11 is 0. The molecule has 0 amide bonds. The van der Waals surface area contributed by atoms with Crippen molar-refractivity contribution in [1.82, 2.24) is 0 Å². The molecule has 0 bridgehead atoms. The van der Waals surface area contributed by atoms with Crippen molar-refractivity contribution in [3.05, 3.63) is 12.7 Å². The van der Waals surface area contributed by atoms with Crippen LogP contribution in [-0.4, -0.2) is 59.3 Å². The van der Waals surface area contributed by atoms with Crippen molar-refractivity contribution in [1.29, 1.82) is 0 Å². The van der Waals surface area contributed by atoms with Crippen LogP contribution in [0.25, 0.3) is 0 Å². The Morgan fingerprint density at radius 3 is 2.50 bits per heavy atom. The van der Waals surface area contributed by atoms with E-state index in [2.05, 4.69) is 16.1 Å². The van der Waals surface area contributed by atoms with E-state index < -0.39 is 30.8 Å². The summed E-state index contributed by atoms with van der Waals surface area (Å²) in [4.78, 5) is 10.9. The first-order valence-corrected chi connectivity index (χ1v) is 4.66. The lowest BCUT2D eigenvalue weighted by molar-refractivity contribution is -0.134. The van der Waals surface area contributed by atoms with E-state index in [0.29, 0.717) is 0 Å². The smallest absolute Gasteiger partial charge is 0.431 e. The van der Waals surface area contributed by atoms with Crippen molar-refractivity contribution in [3.8, 4) is 0 Å². The Kier molecular flexibility index (Phi) is 4.69. The molecule has 16 heavy (non-hydrogen) atoms. The number of aliphatic hydroxyl groups is 3. The van der Waals surface area contributed by atoms with Gasteiger partial charge < -0.3 is 29.5 Å². The SMILES string of the molecule is C=CCOC(=O)OC[C@@H]1OC(O)[C@H](O)[C@H]1O.